The first kappa shape index (κ1) is 17.3. The maximum Gasteiger partial charge on any atom is 0.410 e. The first-order valence-electron chi connectivity index (χ1n) is 8.07. The number of ether oxygens (including phenoxy) is 1. The summed E-state index contributed by atoms with van der Waals surface area (Å²) in [7, 11) is 0. The number of likely N-dealkylation sites (tertiary alicyclic amines) is 1. The van der Waals surface area contributed by atoms with Crippen LogP contribution in [0, 0.1) is 5.92 Å². The Morgan fingerprint density at radius 1 is 1.25 bits per heavy atom. The van der Waals surface area contributed by atoms with E-state index in [2.05, 4.69) is 19.2 Å². The minimum atomic E-state index is -0.398. The van der Waals surface area contributed by atoms with Crippen molar-refractivity contribution in [3.05, 3.63) is 0 Å². The Kier molecular flexibility index (Phi) is 6.80. The number of nitrogens with zero attached hydrogens (tertiary/aromatic N) is 1. The molecule has 0 unspecified atom stereocenters. The lowest BCUT2D eigenvalue weighted by Crippen LogP contribution is -2.44. The second-order valence-electron chi connectivity index (χ2n) is 6.83. The quantitative estimate of drug-likeness (QED) is 0.841. The van der Waals surface area contributed by atoms with E-state index in [0.29, 0.717) is 12.0 Å². The molecule has 1 amide bonds. The number of carbonyl (C=O) groups is 1. The average Bonchev–Trinajstić information content (AvgIpc) is 2.38. The number of amides is 1. The highest BCUT2D eigenvalue weighted by atomic mass is 16.6. The minimum absolute atomic E-state index is 0.163. The Bertz CT molecular complexity index is 287. The zero-order chi connectivity index (χ0) is 15.2. The molecule has 0 atom stereocenters. The maximum absolute atomic E-state index is 12.0. The van der Waals surface area contributed by atoms with E-state index >= 15 is 0 Å². The molecule has 1 aliphatic rings. The Morgan fingerprint density at radius 3 is 2.25 bits per heavy atom. The number of rotatable bonds is 5. The highest BCUT2D eigenvalue weighted by Crippen LogP contribution is 2.19. The average molecular weight is 284 g/mol. The summed E-state index contributed by atoms with van der Waals surface area (Å²) in [5, 5.41) is 3.64. The zero-order valence-corrected chi connectivity index (χ0v) is 13.9. The number of hydrogen-bond donors (Lipinski definition) is 1. The van der Waals surface area contributed by atoms with Crippen molar-refractivity contribution in [2.24, 2.45) is 5.92 Å². The monoisotopic (exact) mass is 284 g/mol. The van der Waals surface area contributed by atoms with Gasteiger partial charge in [-0.15, -0.1) is 0 Å². The lowest BCUT2D eigenvalue weighted by atomic mass is 9.96. The van der Waals surface area contributed by atoms with Gasteiger partial charge in [0.15, 0.2) is 0 Å². The summed E-state index contributed by atoms with van der Waals surface area (Å²) in [6.07, 6.45) is 4.36. The molecular formula is C16H32N2O2. The predicted molar refractivity (Wildman–Crippen MR) is 82.9 cm³/mol. The third kappa shape index (κ3) is 6.12. The zero-order valence-electron chi connectivity index (χ0n) is 13.9. The molecule has 4 nitrogen and oxygen atoms in total. The van der Waals surface area contributed by atoms with Gasteiger partial charge in [0.05, 0.1) is 0 Å². The van der Waals surface area contributed by atoms with E-state index in [9.17, 15) is 4.79 Å². The van der Waals surface area contributed by atoms with E-state index in [1.807, 2.05) is 25.7 Å². The molecule has 0 aromatic heterocycles. The highest BCUT2D eigenvalue weighted by molar-refractivity contribution is 5.68. The van der Waals surface area contributed by atoms with E-state index in [0.717, 1.165) is 32.5 Å². The standard InChI is InChI=1S/C16H32N2O2/c1-6-14(7-2)17-12-13-8-10-18(11-9-13)15(19)20-16(3,4)5/h13-14,17H,6-12H2,1-5H3. The first-order chi connectivity index (χ1) is 9.35. The van der Waals surface area contributed by atoms with Gasteiger partial charge in [-0.3, -0.25) is 0 Å². The molecule has 0 bridgehead atoms. The summed E-state index contributed by atoms with van der Waals surface area (Å²) in [6.45, 7) is 12.9. The molecule has 118 valence electrons. The highest BCUT2D eigenvalue weighted by Gasteiger charge is 2.26. The van der Waals surface area contributed by atoms with E-state index < -0.39 is 5.60 Å². The molecule has 1 fully saturated rings. The van der Waals surface area contributed by atoms with Crippen LogP contribution >= 0.6 is 0 Å². The van der Waals surface area contributed by atoms with Gasteiger partial charge in [-0.2, -0.15) is 0 Å². The Balaban J connectivity index is 2.28. The second kappa shape index (κ2) is 7.87. The van der Waals surface area contributed by atoms with Crippen LogP contribution in [0.25, 0.3) is 0 Å². The summed E-state index contributed by atoms with van der Waals surface area (Å²) in [4.78, 5) is 13.8. The molecule has 0 spiro atoms. The number of nitrogens with one attached hydrogen (secondary N) is 1. The molecular weight excluding hydrogens is 252 g/mol. The van der Waals surface area contributed by atoms with Crippen LogP contribution in [0.15, 0.2) is 0 Å². The van der Waals surface area contributed by atoms with Crippen molar-refractivity contribution in [1.29, 1.82) is 0 Å². The van der Waals surface area contributed by atoms with Gasteiger partial charge in [-0.1, -0.05) is 13.8 Å². The summed E-state index contributed by atoms with van der Waals surface area (Å²) < 4.78 is 5.42. The molecule has 20 heavy (non-hydrogen) atoms. The minimum Gasteiger partial charge on any atom is -0.444 e. The van der Waals surface area contributed by atoms with Crippen LogP contribution in [0.3, 0.4) is 0 Å². The summed E-state index contributed by atoms with van der Waals surface area (Å²) in [6, 6.07) is 0.638. The molecule has 1 N–H and O–H groups in total. The molecule has 1 rings (SSSR count). The van der Waals surface area contributed by atoms with Gasteiger partial charge >= 0.3 is 6.09 Å². The van der Waals surface area contributed by atoms with Crippen LogP contribution < -0.4 is 5.32 Å². The Labute approximate surface area is 124 Å². The van der Waals surface area contributed by atoms with E-state index in [4.69, 9.17) is 4.74 Å². The van der Waals surface area contributed by atoms with Gasteiger partial charge in [0, 0.05) is 19.1 Å². The maximum atomic E-state index is 12.0. The van der Waals surface area contributed by atoms with Gasteiger partial charge < -0.3 is 15.0 Å². The molecule has 0 saturated carbocycles. The van der Waals surface area contributed by atoms with Crippen LogP contribution in [0.1, 0.15) is 60.3 Å². The molecule has 0 aliphatic carbocycles. The number of piperidine rings is 1. The lowest BCUT2D eigenvalue weighted by Gasteiger charge is -2.34. The summed E-state index contributed by atoms with van der Waals surface area (Å²) >= 11 is 0. The van der Waals surface area contributed by atoms with Crippen LogP contribution in [0.4, 0.5) is 4.79 Å². The second-order valence-corrected chi connectivity index (χ2v) is 6.83. The van der Waals surface area contributed by atoms with Crippen LogP contribution in [0.5, 0.6) is 0 Å². The third-order valence-electron chi connectivity index (χ3n) is 3.95. The van der Waals surface area contributed by atoms with Crippen LogP contribution in [0.2, 0.25) is 0 Å². The van der Waals surface area contributed by atoms with Crippen molar-refractivity contribution >= 4 is 6.09 Å². The molecule has 1 aliphatic heterocycles. The van der Waals surface area contributed by atoms with Crippen LogP contribution in [-0.4, -0.2) is 42.3 Å². The normalized spacial score (nSPS) is 17.6. The van der Waals surface area contributed by atoms with Crippen molar-refractivity contribution in [2.45, 2.75) is 71.9 Å². The van der Waals surface area contributed by atoms with Crippen molar-refractivity contribution < 1.29 is 9.53 Å². The third-order valence-corrected chi connectivity index (χ3v) is 3.95. The summed E-state index contributed by atoms with van der Waals surface area (Å²) in [5.41, 5.74) is -0.398. The predicted octanol–water partition coefficient (Wildman–Crippen LogP) is 3.41. The van der Waals surface area contributed by atoms with Crippen molar-refractivity contribution in [3.8, 4) is 0 Å². The van der Waals surface area contributed by atoms with Gasteiger partial charge in [0.1, 0.15) is 5.60 Å². The van der Waals surface area contributed by atoms with Crippen LogP contribution in [-0.2, 0) is 4.74 Å². The van der Waals surface area contributed by atoms with E-state index in [1.54, 1.807) is 0 Å². The number of carbonyl (C=O) groups excluding carboxylic acids is 1. The SMILES string of the molecule is CCC(CC)NCC1CCN(C(=O)OC(C)(C)C)CC1. The molecule has 0 aromatic carbocycles. The van der Waals surface area contributed by atoms with E-state index in [1.165, 1.54) is 12.8 Å². The molecule has 1 heterocycles. The van der Waals surface area contributed by atoms with Gasteiger partial charge in [0.25, 0.3) is 0 Å². The number of hydrogen-bond acceptors (Lipinski definition) is 3. The fraction of sp³-hybridized carbons (Fsp3) is 0.938. The topological polar surface area (TPSA) is 41.6 Å². The molecule has 4 heteroatoms. The fourth-order valence-electron chi connectivity index (χ4n) is 2.56. The largest absolute Gasteiger partial charge is 0.444 e. The smallest absolute Gasteiger partial charge is 0.410 e. The fourth-order valence-corrected chi connectivity index (χ4v) is 2.56. The Morgan fingerprint density at radius 2 is 1.80 bits per heavy atom. The van der Waals surface area contributed by atoms with Gasteiger partial charge in [-0.05, 0) is 58.9 Å². The first-order valence-corrected chi connectivity index (χ1v) is 8.07. The van der Waals surface area contributed by atoms with Gasteiger partial charge in [0.2, 0.25) is 0 Å². The Hall–Kier alpha value is -0.770. The lowest BCUT2D eigenvalue weighted by molar-refractivity contribution is 0.0183. The molecule has 1 saturated heterocycles. The van der Waals surface area contributed by atoms with E-state index in [-0.39, 0.29) is 6.09 Å². The van der Waals surface area contributed by atoms with Gasteiger partial charge in [-0.25, -0.2) is 4.79 Å². The molecule has 0 radical (unpaired) electrons. The van der Waals surface area contributed by atoms with Crippen molar-refractivity contribution in [1.82, 2.24) is 10.2 Å². The van der Waals surface area contributed by atoms with Crippen molar-refractivity contribution in [2.75, 3.05) is 19.6 Å². The van der Waals surface area contributed by atoms with Crippen molar-refractivity contribution in [3.63, 3.8) is 0 Å². The molecule has 0 aromatic rings. The summed E-state index contributed by atoms with van der Waals surface area (Å²) in [5.74, 6) is 0.689.